The third-order valence-corrected chi connectivity index (χ3v) is 6.96. The molecule has 0 aliphatic heterocycles. The van der Waals surface area contributed by atoms with Crippen molar-refractivity contribution in [2.45, 2.75) is 42.8 Å². The molecule has 4 saturated carbocycles. The lowest BCUT2D eigenvalue weighted by Crippen LogP contribution is -2.56. The highest BCUT2D eigenvalue weighted by molar-refractivity contribution is 9.10. The van der Waals surface area contributed by atoms with E-state index in [1.54, 1.807) is 24.3 Å². The number of hydrogen-bond donors (Lipinski definition) is 1. The van der Waals surface area contributed by atoms with Gasteiger partial charge in [0.25, 0.3) is 5.91 Å². The second-order valence-corrected chi connectivity index (χ2v) is 9.89. The van der Waals surface area contributed by atoms with Gasteiger partial charge in [-0.25, -0.2) is 0 Å². The summed E-state index contributed by atoms with van der Waals surface area (Å²) in [6.07, 6.45) is 6.11. The molecule has 1 aromatic carbocycles. The van der Waals surface area contributed by atoms with E-state index < -0.39 is 5.41 Å². The van der Waals surface area contributed by atoms with Crippen molar-refractivity contribution in [1.82, 2.24) is 0 Å². The smallest absolute Gasteiger partial charge is 0.312 e. The molecule has 0 heterocycles. The van der Waals surface area contributed by atoms with Crippen LogP contribution in [0, 0.1) is 28.6 Å². The predicted octanol–water partition coefficient (Wildman–Crippen LogP) is 3.77. The van der Waals surface area contributed by atoms with E-state index in [4.69, 9.17) is 10.00 Å². The molecule has 0 aromatic heterocycles. The molecule has 0 radical (unpaired) electrons. The Kier molecular flexibility index (Phi) is 4.31. The largest absolute Gasteiger partial charge is 0.455 e. The second-order valence-electron chi connectivity index (χ2n) is 8.21. The predicted molar refractivity (Wildman–Crippen MR) is 99.5 cm³/mol. The molecule has 1 amide bonds. The molecule has 6 heteroatoms. The standard InChI is InChI=1S/C20H21BrN2O3/c21-20-8-14-4-15(9-20)7-19(6-14,12-20)18(25)26-11-17(24)23-16-3-1-2-13(5-16)10-22/h1-3,5,14-15H,4,6-9,11-12H2,(H,23,24)/t14-,15-,19?,20?/m1/s1. The van der Waals surface area contributed by atoms with E-state index in [0.29, 0.717) is 23.1 Å². The van der Waals surface area contributed by atoms with Crippen LogP contribution in [0.15, 0.2) is 24.3 Å². The molecule has 0 spiro atoms. The number of nitrogens with one attached hydrogen (secondary N) is 1. The Labute approximate surface area is 161 Å². The van der Waals surface area contributed by atoms with Gasteiger partial charge in [0, 0.05) is 10.0 Å². The third-order valence-electron chi connectivity index (χ3n) is 6.03. The highest BCUT2D eigenvalue weighted by Crippen LogP contribution is 2.64. The summed E-state index contributed by atoms with van der Waals surface area (Å²) in [6.45, 7) is -0.290. The number of nitrogens with zero attached hydrogens (tertiary/aromatic N) is 1. The van der Waals surface area contributed by atoms with Crippen LogP contribution in [0.25, 0.3) is 0 Å². The molecular formula is C20H21BrN2O3. The molecule has 4 aliphatic carbocycles. The van der Waals surface area contributed by atoms with Crippen LogP contribution in [0.3, 0.4) is 0 Å². The second kappa shape index (κ2) is 6.38. The van der Waals surface area contributed by atoms with Gasteiger partial charge in [0.2, 0.25) is 0 Å². The van der Waals surface area contributed by atoms with Crippen molar-refractivity contribution in [3.63, 3.8) is 0 Å². The first-order valence-corrected chi connectivity index (χ1v) is 9.85. The molecule has 5 nitrogen and oxygen atoms in total. The van der Waals surface area contributed by atoms with E-state index in [-0.39, 0.29) is 22.8 Å². The van der Waals surface area contributed by atoms with Crippen LogP contribution in [0.5, 0.6) is 0 Å². The quantitative estimate of drug-likeness (QED) is 0.598. The zero-order valence-electron chi connectivity index (χ0n) is 14.5. The maximum absolute atomic E-state index is 12.8. The number of carbonyl (C=O) groups excluding carboxylic acids is 2. The molecule has 4 bridgehead atoms. The Bertz CT molecular complexity index is 786. The Morgan fingerprint density at radius 2 is 2.00 bits per heavy atom. The fraction of sp³-hybridized carbons (Fsp3) is 0.550. The van der Waals surface area contributed by atoms with E-state index in [0.717, 1.165) is 32.1 Å². The third kappa shape index (κ3) is 3.25. The number of nitriles is 1. The van der Waals surface area contributed by atoms with Gasteiger partial charge in [-0.1, -0.05) is 22.0 Å². The van der Waals surface area contributed by atoms with Crippen LogP contribution in [0.1, 0.15) is 44.1 Å². The van der Waals surface area contributed by atoms with Gasteiger partial charge >= 0.3 is 5.97 Å². The zero-order valence-corrected chi connectivity index (χ0v) is 16.0. The van der Waals surface area contributed by atoms with Crippen molar-refractivity contribution >= 4 is 33.5 Å². The van der Waals surface area contributed by atoms with Gasteiger partial charge < -0.3 is 10.1 Å². The normalized spacial score (nSPS) is 34.2. The number of rotatable bonds is 4. The Morgan fingerprint density at radius 3 is 2.65 bits per heavy atom. The first kappa shape index (κ1) is 17.5. The number of carbonyl (C=O) groups is 2. The van der Waals surface area contributed by atoms with Crippen molar-refractivity contribution in [3.8, 4) is 6.07 Å². The Balaban J connectivity index is 1.37. The van der Waals surface area contributed by atoms with Gasteiger partial charge in [0.05, 0.1) is 17.0 Å². The average Bonchev–Trinajstić information content (AvgIpc) is 2.57. The first-order valence-electron chi connectivity index (χ1n) is 9.06. The summed E-state index contributed by atoms with van der Waals surface area (Å²) in [6, 6.07) is 8.69. The molecule has 4 fully saturated rings. The topological polar surface area (TPSA) is 79.2 Å². The number of alkyl halides is 1. The van der Waals surface area contributed by atoms with Crippen LogP contribution in [0.4, 0.5) is 5.69 Å². The minimum atomic E-state index is -0.422. The SMILES string of the molecule is N#Cc1cccc(NC(=O)COC(=O)C23C[C@H]4C[C@@H](CC(Br)(C4)C2)C3)c1. The van der Waals surface area contributed by atoms with Gasteiger partial charge in [0.15, 0.2) is 6.61 Å². The summed E-state index contributed by atoms with van der Waals surface area (Å²) in [5.41, 5.74) is 0.574. The van der Waals surface area contributed by atoms with Gasteiger partial charge in [-0.3, -0.25) is 9.59 Å². The molecule has 1 aromatic rings. The number of halogens is 1. The van der Waals surface area contributed by atoms with E-state index in [2.05, 4.69) is 21.2 Å². The van der Waals surface area contributed by atoms with E-state index in [1.165, 1.54) is 6.42 Å². The number of hydrogen-bond acceptors (Lipinski definition) is 4. The van der Waals surface area contributed by atoms with Crippen LogP contribution >= 0.6 is 15.9 Å². The van der Waals surface area contributed by atoms with Crippen molar-refractivity contribution in [2.75, 3.05) is 11.9 Å². The van der Waals surface area contributed by atoms with Gasteiger partial charge in [-0.05, 0) is 68.6 Å². The van der Waals surface area contributed by atoms with Crippen molar-refractivity contribution < 1.29 is 14.3 Å². The summed E-state index contributed by atoms with van der Waals surface area (Å²) < 4.78 is 5.51. The molecule has 0 saturated heterocycles. The van der Waals surface area contributed by atoms with Crippen LogP contribution in [-0.2, 0) is 14.3 Å². The van der Waals surface area contributed by atoms with Gasteiger partial charge in [0.1, 0.15) is 0 Å². The van der Waals surface area contributed by atoms with Crippen LogP contribution in [0.2, 0.25) is 0 Å². The minimum Gasteiger partial charge on any atom is -0.455 e. The number of ether oxygens (including phenoxy) is 1. The molecule has 0 unspecified atom stereocenters. The molecule has 5 rings (SSSR count). The van der Waals surface area contributed by atoms with Crippen molar-refractivity contribution in [1.29, 1.82) is 5.26 Å². The maximum atomic E-state index is 12.8. The summed E-state index contributed by atoms with van der Waals surface area (Å²) in [7, 11) is 0. The van der Waals surface area contributed by atoms with E-state index in [1.807, 2.05) is 6.07 Å². The molecule has 26 heavy (non-hydrogen) atoms. The molecule has 136 valence electrons. The van der Waals surface area contributed by atoms with Crippen LogP contribution in [-0.4, -0.2) is 22.8 Å². The lowest BCUT2D eigenvalue weighted by Gasteiger charge is -2.58. The fourth-order valence-corrected chi connectivity index (χ4v) is 6.99. The molecule has 2 atom stereocenters. The zero-order chi connectivity index (χ0) is 18.4. The number of benzene rings is 1. The maximum Gasteiger partial charge on any atom is 0.312 e. The average molecular weight is 417 g/mol. The number of esters is 1. The van der Waals surface area contributed by atoms with E-state index in [9.17, 15) is 9.59 Å². The highest BCUT2D eigenvalue weighted by Gasteiger charge is 2.60. The fourth-order valence-electron chi connectivity index (χ4n) is 5.54. The van der Waals surface area contributed by atoms with Crippen molar-refractivity contribution in [2.24, 2.45) is 17.3 Å². The summed E-state index contributed by atoms with van der Waals surface area (Å²) in [4.78, 5) is 25.0. The van der Waals surface area contributed by atoms with Gasteiger partial charge in [-0.15, -0.1) is 0 Å². The molecule has 4 aliphatic rings. The Morgan fingerprint density at radius 1 is 1.27 bits per heavy atom. The van der Waals surface area contributed by atoms with Gasteiger partial charge in [-0.2, -0.15) is 5.26 Å². The molecular weight excluding hydrogens is 396 g/mol. The monoisotopic (exact) mass is 416 g/mol. The number of anilines is 1. The number of amides is 1. The summed E-state index contributed by atoms with van der Waals surface area (Å²) in [5, 5.41) is 11.6. The summed E-state index contributed by atoms with van der Waals surface area (Å²) in [5.74, 6) is 0.569. The summed E-state index contributed by atoms with van der Waals surface area (Å²) >= 11 is 3.89. The van der Waals surface area contributed by atoms with Crippen LogP contribution < -0.4 is 5.32 Å². The minimum absolute atomic E-state index is 0.0795. The lowest BCUT2D eigenvalue weighted by atomic mass is 9.49. The first-order chi connectivity index (χ1) is 12.4. The van der Waals surface area contributed by atoms with E-state index >= 15 is 0 Å². The Hall–Kier alpha value is -1.87. The molecule has 1 N–H and O–H groups in total. The highest BCUT2D eigenvalue weighted by atomic mass is 79.9. The van der Waals surface area contributed by atoms with Crippen molar-refractivity contribution in [3.05, 3.63) is 29.8 Å². The lowest BCUT2D eigenvalue weighted by molar-refractivity contribution is -0.170.